The molecule has 184 valence electrons. The third-order valence-corrected chi connectivity index (χ3v) is 7.14. The van der Waals surface area contributed by atoms with Crippen LogP contribution in [0.5, 0.6) is 5.75 Å². The van der Waals surface area contributed by atoms with Crippen LogP contribution in [0.2, 0.25) is 5.02 Å². The maximum atomic E-state index is 13.5. The zero-order valence-electron chi connectivity index (χ0n) is 20.2. The topological polar surface area (TPSA) is 67.7 Å². The minimum absolute atomic E-state index is 0.0385. The highest BCUT2D eigenvalue weighted by atomic mass is 35.5. The minimum atomic E-state index is -0.451. The molecule has 2 aliphatic heterocycles. The number of likely N-dealkylation sites (tertiary alicyclic amines) is 2. The van der Waals surface area contributed by atoms with E-state index in [4.69, 9.17) is 16.3 Å². The molecule has 0 aliphatic carbocycles. The van der Waals surface area contributed by atoms with E-state index in [2.05, 4.69) is 5.10 Å². The highest BCUT2D eigenvalue weighted by Crippen LogP contribution is 2.36. The van der Waals surface area contributed by atoms with Crippen molar-refractivity contribution < 1.29 is 14.3 Å². The van der Waals surface area contributed by atoms with Crippen LogP contribution < -0.4 is 4.74 Å². The molecular formula is C26H35ClN4O3. The molecule has 0 spiro atoms. The number of piperidine rings is 2. The van der Waals surface area contributed by atoms with Crippen molar-refractivity contribution in [2.75, 3.05) is 32.8 Å². The molecule has 2 aliphatic rings. The second-order valence-corrected chi connectivity index (χ2v) is 10.4. The molecule has 4 rings (SSSR count). The van der Waals surface area contributed by atoms with E-state index in [9.17, 15) is 9.59 Å². The first-order valence-corrected chi connectivity index (χ1v) is 12.7. The maximum absolute atomic E-state index is 13.5. The molecule has 2 amide bonds. The Labute approximate surface area is 207 Å². The summed E-state index contributed by atoms with van der Waals surface area (Å²) in [4.78, 5) is 30.7. The Kier molecular flexibility index (Phi) is 7.81. The van der Waals surface area contributed by atoms with Gasteiger partial charge in [0.05, 0.1) is 6.61 Å². The molecule has 1 aromatic heterocycles. The van der Waals surface area contributed by atoms with Crippen molar-refractivity contribution in [2.24, 2.45) is 5.41 Å². The van der Waals surface area contributed by atoms with Gasteiger partial charge >= 0.3 is 0 Å². The number of ether oxygens (including phenoxy) is 1. The van der Waals surface area contributed by atoms with Crippen LogP contribution in [0.3, 0.4) is 0 Å². The Morgan fingerprint density at radius 3 is 2.59 bits per heavy atom. The van der Waals surface area contributed by atoms with Crippen molar-refractivity contribution in [2.45, 2.75) is 58.4 Å². The highest BCUT2D eigenvalue weighted by Gasteiger charge is 2.41. The number of hydrogen-bond acceptors (Lipinski definition) is 4. The summed E-state index contributed by atoms with van der Waals surface area (Å²) in [6, 6.07) is 9.19. The fourth-order valence-electron chi connectivity index (χ4n) is 5.12. The third kappa shape index (κ3) is 5.74. The van der Waals surface area contributed by atoms with Gasteiger partial charge in [0.15, 0.2) is 0 Å². The quantitative estimate of drug-likeness (QED) is 0.562. The van der Waals surface area contributed by atoms with E-state index >= 15 is 0 Å². The van der Waals surface area contributed by atoms with E-state index in [1.54, 1.807) is 23.0 Å². The molecule has 3 heterocycles. The van der Waals surface area contributed by atoms with Crippen molar-refractivity contribution in [3.05, 3.63) is 47.2 Å². The molecule has 0 radical (unpaired) electrons. The lowest BCUT2D eigenvalue weighted by Gasteiger charge is -2.43. The van der Waals surface area contributed by atoms with Gasteiger partial charge in [0.1, 0.15) is 11.4 Å². The van der Waals surface area contributed by atoms with Crippen molar-refractivity contribution in [1.82, 2.24) is 19.6 Å². The fourth-order valence-corrected chi connectivity index (χ4v) is 5.30. The number of amides is 2. The van der Waals surface area contributed by atoms with E-state index in [1.807, 2.05) is 41.8 Å². The average molecular weight is 487 g/mol. The minimum Gasteiger partial charge on any atom is -0.493 e. The summed E-state index contributed by atoms with van der Waals surface area (Å²) >= 11 is 6.15. The van der Waals surface area contributed by atoms with E-state index in [-0.39, 0.29) is 17.9 Å². The van der Waals surface area contributed by atoms with Gasteiger partial charge in [-0.3, -0.25) is 14.3 Å². The standard InChI is InChI=1S/C26H35ClN4O3/c1-20(2)31-23(10-12-28-31)25(33)30-15-7-11-26(18-30,17-24(32)29-13-4-3-5-14-29)19-34-22-9-6-8-21(27)16-22/h6,8-10,12,16,20H,3-5,7,11,13-15,17-19H2,1-2H3. The molecular weight excluding hydrogens is 452 g/mol. The van der Waals surface area contributed by atoms with Gasteiger partial charge in [-0.15, -0.1) is 0 Å². The van der Waals surface area contributed by atoms with Crippen molar-refractivity contribution >= 4 is 23.4 Å². The Morgan fingerprint density at radius 1 is 1.09 bits per heavy atom. The van der Waals surface area contributed by atoms with Crippen molar-refractivity contribution in [3.8, 4) is 5.75 Å². The second kappa shape index (κ2) is 10.8. The average Bonchev–Trinajstić information content (AvgIpc) is 3.34. The van der Waals surface area contributed by atoms with E-state index in [0.717, 1.165) is 38.8 Å². The van der Waals surface area contributed by atoms with Gasteiger partial charge in [-0.2, -0.15) is 5.10 Å². The first-order chi connectivity index (χ1) is 16.4. The number of halogens is 1. The number of carbonyl (C=O) groups is 2. The normalized spacial score (nSPS) is 21.1. The second-order valence-electron chi connectivity index (χ2n) is 9.95. The Hall–Kier alpha value is -2.54. The van der Waals surface area contributed by atoms with Gasteiger partial charge in [0.25, 0.3) is 5.91 Å². The largest absolute Gasteiger partial charge is 0.493 e. The van der Waals surface area contributed by atoms with Crippen molar-refractivity contribution in [3.63, 3.8) is 0 Å². The molecule has 0 bridgehead atoms. The molecule has 8 heteroatoms. The Morgan fingerprint density at radius 2 is 1.85 bits per heavy atom. The van der Waals surface area contributed by atoms with Crippen LogP contribution in [-0.2, 0) is 4.79 Å². The van der Waals surface area contributed by atoms with Crippen LogP contribution >= 0.6 is 11.6 Å². The van der Waals surface area contributed by atoms with Gasteiger partial charge in [0, 0.05) is 55.3 Å². The van der Waals surface area contributed by atoms with Crippen LogP contribution in [0.25, 0.3) is 0 Å². The maximum Gasteiger partial charge on any atom is 0.272 e. The fraction of sp³-hybridized carbons (Fsp3) is 0.577. The van der Waals surface area contributed by atoms with Gasteiger partial charge < -0.3 is 14.5 Å². The first kappa shape index (κ1) is 24.6. The lowest BCUT2D eigenvalue weighted by Crippen LogP contribution is -2.51. The van der Waals surface area contributed by atoms with Gasteiger partial charge in [-0.1, -0.05) is 17.7 Å². The van der Waals surface area contributed by atoms with Crippen LogP contribution in [0.1, 0.15) is 68.9 Å². The molecule has 0 N–H and O–H groups in total. The van der Waals surface area contributed by atoms with Crippen LogP contribution in [0.4, 0.5) is 0 Å². The van der Waals surface area contributed by atoms with Crippen LogP contribution in [0, 0.1) is 5.41 Å². The van der Waals surface area contributed by atoms with Gasteiger partial charge in [0.2, 0.25) is 5.91 Å². The van der Waals surface area contributed by atoms with E-state index < -0.39 is 5.41 Å². The van der Waals surface area contributed by atoms with Crippen molar-refractivity contribution in [1.29, 1.82) is 0 Å². The number of rotatable bonds is 7. The van der Waals surface area contributed by atoms with E-state index in [1.165, 1.54) is 6.42 Å². The summed E-state index contributed by atoms with van der Waals surface area (Å²) in [6.07, 6.45) is 7.00. The molecule has 34 heavy (non-hydrogen) atoms. The number of hydrogen-bond donors (Lipinski definition) is 0. The predicted molar refractivity (Wildman–Crippen MR) is 132 cm³/mol. The molecule has 2 aromatic rings. The van der Waals surface area contributed by atoms with Crippen LogP contribution in [0.15, 0.2) is 36.5 Å². The number of benzene rings is 1. The predicted octanol–water partition coefficient (Wildman–Crippen LogP) is 4.82. The molecule has 1 aromatic carbocycles. The Balaban J connectivity index is 1.55. The molecule has 7 nitrogen and oxygen atoms in total. The molecule has 2 saturated heterocycles. The summed E-state index contributed by atoms with van der Waals surface area (Å²) in [5.74, 6) is 0.804. The molecule has 0 saturated carbocycles. The summed E-state index contributed by atoms with van der Waals surface area (Å²) in [5.41, 5.74) is 0.136. The zero-order valence-corrected chi connectivity index (χ0v) is 21.0. The molecule has 1 atom stereocenters. The number of aromatic nitrogens is 2. The molecule has 2 fully saturated rings. The summed E-state index contributed by atoms with van der Waals surface area (Å²) in [6.45, 7) is 7.18. The van der Waals surface area contributed by atoms with Gasteiger partial charge in [-0.25, -0.2) is 0 Å². The SMILES string of the molecule is CC(C)n1nccc1C(=O)N1CCCC(COc2cccc(Cl)c2)(CC(=O)N2CCCCC2)C1. The molecule has 1 unspecified atom stereocenters. The zero-order chi connectivity index (χ0) is 24.1. The number of nitrogens with zero attached hydrogens (tertiary/aromatic N) is 4. The highest BCUT2D eigenvalue weighted by molar-refractivity contribution is 6.30. The Bertz CT molecular complexity index is 1000. The van der Waals surface area contributed by atoms with E-state index in [0.29, 0.717) is 42.6 Å². The lowest BCUT2D eigenvalue weighted by molar-refractivity contribution is -0.136. The van der Waals surface area contributed by atoms with Crippen LogP contribution in [-0.4, -0.2) is 64.2 Å². The monoisotopic (exact) mass is 486 g/mol. The first-order valence-electron chi connectivity index (χ1n) is 12.4. The third-order valence-electron chi connectivity index (χ3n) is 6.90. The summed E-state index contributed by atoms with van der Waals surface area (Å²) < 4.78 is 7.95. The summed E-state index contributed by atoms with van der Waals surface area (Å²) in [7, 11) is 0. The summed E-state index contributed by atoms with van der Waals surface area (Å²) in [5, 5.41) is 4.94. The lowest BCUT2D eigenvalue weighted by atomic mass is 9.77. The smallest absolute Gasteiger partial charge is 0.272 e. The van der Waals surface area contributed by atoms with Gasteiger partial charge in [-0.05, 0) is 70.2 Å². The number of carbonyl (C=O) groups excluding carboxylic acids is 2.